The van der Waals surface area contributed by atoms with E-state index >= 15 is 0 Å². The smallest absolute Gasteiger partial charge is 0.254 e. The largest absolute Gasteiger partial charge is 0.365 e. The molecule has 1 aromatic carbocycles. The Balaban J connectivity index is 1.67. The number of hydrogen-bond donors (Lipinski definition) is 2. The molecule has 7 heteroatoms. The van der Waals surface area contributed by atoms with Gasteiger partial charge in [0.1, 0.15) is 5.56 Å². The van der Waals surface area contributed by atoms with Crippen molar-refractivity contribution in [2.45, 2.75) is 38.6 Å². The summed E-state index contributed by atoms with van der Waals surface area (Å²) in [6, 6.07) is 7.76. The minimum atomic E-state index is -0.496. The summed E-state index contributed by atoms with van der Waals surface area (Å²) in [6.45, 7) is 2.24. The SMILES string of the molecule is C[C@H]1CCCC[C@@H]1n1cc(C(N)=O)c(Nc2cnc3ccc(Cl)cc3c2)n1. The van der Waals surface area contributed by atoms with Gasteiger partial charge >= 0.3 is 0 Å². The standard InChI is InChI=1S/C20H22ClN5O/c1-12-4-2-3-5-18(12)26-11-16(19(22)27)20(25-26)24-15-9-13-8-14(21)6-7-17(13)23-10-15/h6-12,18H,2-5H2,1H3,(H2,22,27)(H,24,25)/t12-,18-/m0/s1. The minimum Gasteiger partial charge on any atom is -0.365 e. The molecule has 0 unspecified atom stereocenters. The maximum Gasteiger partial charge on any atom is 0.254 e. The van der Waals surface area contributed by atoms with Crippen LogP contribution >= 0.6 is 11.6 Å². The Morgan fingerprint density at radius 1 is 1.30 bits per heavy atom. The second-order valence-electron chi connectivity index (χ2n) is 7.25. The number of fused-ring (bicyclic) bond motifs is 1. The molecule has 1 amide bonds. The van der Waals surface area contributed by atoms with Gasteiger partial charge in [0, 0.05) is 16.6 Å². The third kappa shape index (κ3) is 3.62. The third-order valence-corrected chi connectivity index (χ3v) is 5.54. The molecule has 0 radical (unpaired) electrons. The zero-order chi connectivity index (χ0) is 19.0. The number of nitrogens with two attached hydrogens (primary N) is 1. The van der Waals surface area contributed by atoms with Gasteiger partial charge < -0.3 is 11.1 Å². The van der Waals surface area contributed by atoms with Crippen molar-refractivity contribution in [1.82, 2.24) is 14.8 Å². The molecule has 3 N–H and O–H groups in total. The second-order valence-corrected chi connectivity index (χ2v) is 7.69. The molecule has 0 saturated heterocycles. The number of carbonyl (C=O) groups is 1. The summed E-state index contributed by atoms with van der Waals surface area (Å²) in [5.74, 6) is 0.490. The molecule has 2 atom stereocenters. The minimum absolute atomic E-state index is 0.293. The quantitative estimate of drug-likeness (QED) is 0.684. The summed E-state index contributed by atoms with van der Waals surface area (Å²) in [4.78, 5) is 16.4. The van der Waals surface area contributed by atoms with Crippen molar-refractivity contribution < 1.29 is 4.79 Å². The molecule has 4 rings (SSSR count). The Hall–Kier alpha value is -2.60. The first-order chi connectivity index (χ1) is 13.0. The molecule has 3 aromatic rings. The van der Waals surface area contributed by atoms with Gasteiger partial charge in [-0.2, -0.15) is 5.10 Å². The molecule has 27 heavy (non-hydrogen) atoms. The average molecular weight is 384 g/mol. The number of anilines is 2. The molecule has 0 spiro atoms. The lowest BCUT2D eigenvalue weighted by atomic mass is 9.86. The number of nitrogens with one attached hydrogen (secondary N) is 1. The molecule has 1 fully saturated rings. The predicted molar refractivity (Wildman–Crippen MR) is 107 cm³/mol. The molecule has 2 aromatic heterocycles. The average Bonchev–Trinajstić information content (AvgIpc) is 3.05. The molecule has 1 saturated carbocycles. The number of rotatable bonds is 4. The van der Waals surface area contributed by atoms with E-state index in [4.69, 9.17) is 17.3 Å². The van der Waals surface area contributed by atoms with Crippen LogP contribution in [-0.2, 0) is 0 Å². The lowest BCUT2D eigenvalue weighted by Crippen LogP contribution is -2.21. The van der Waals surface area contributed by atoms with Crippen molar-refractivity contribution in [2.75, 3.05) is 5.32 Å². The van der Waals surface area contributed by atoms with Gasteiger partial charge in [0.05, 0.1) is 23.4 Å². The fourth-order valence-corrected chi connectivity index (χ4v) is 4.01. The fraction of sp³-hybridized carbons (Fsp3) is 0.350. The van der Waals surface area contributed by atoms with E-state index in [0.29, 0.717) is 28.4 Å². The number of hydrogen-bond acceptors (Lipinski definition) is 4. The molecule has 6 nitrogen and oxygen atoms in total. The van der Waals surface area contributed by atoms with Gasteiger partial charge in [0.15, 0.2) is 5.82 Å². The normalized spacial score (nSPS) is 19.9. The third-order valence-electron chi connectivity index (χ3n) is 5.31. The molecule has 140 valence electrons. The predicted octanol–water partition coefficient (Wildman–Crippen LogP) is 4.68. The number of benzene rings is 1. The monoisotopic (exact) mass is 383 g/mol. The first-order valence-corrected chi connectivity index (χ1v) is 9.60. The van der Waals surface area contributed by atoms with Crippen LogP contribution in [0.5, 0.6) is 0 Å². The molecule has 0 bridgehead atoms. The van der Waals surface area contributed by atoms with Crippen LogP contribution in [0.3, 0.4) is 0 Å². The van der Waals surface area contributed by atoms with E-state index in [-0.39, 0.29) is 0 Å². The van der Waals surface area contributed by atoms with Crippen molar-refractivity contribution in [3.05, 3.63) is 47.2 Å². The van der Waals surface area contributed by atoms with Crippen LogP contribution in [0.2, 0.25) is 5.02 Å². The Kier molecular flexibility index (Phi) is 4.74. The molecular weight excluding hydrogens is 362 g/mol. The van der Waals surface area contributed by atoms with Crippen molar-refractivity contribution in [3.8, 4) is 0 Å². The van der Waals surface area contributed by atoms with Crippen LogP contribution in [0.4, 0.5) is 11.5 Å². The number of carbonyl (C=O) groups excluding carboxylic acids is 1. The number of nitrogens with zero attached hydrogens (tertiary/aromatic N) is 3. The van der Waals surface area contributed by atoms with Gasteiger partial charge in [-0.3, -0.25) is 14.5 Å². The summed E-state index contributed by atoms with van der Waals surface area (Å²) in [7, 11) is 0. The summed E-state index contributed by atoms with van der Waals surface area (Å²) < 4.78 is 1.90. The first kappa shape index (κ1) is 17.8. The highest BCUT2D eigenvalue weighted by atomic mass is 35.5. The van der Waals surface area contributed by atoms with Crippen LogP contribution in [0.25, 0.3) is 10.9 Å². The molecule has 1 aliphatic carbocycles. The summed E-state index contributed by atoms with van der Waals surface area (Å²) in [5, 5.41) is 9.41. The first-order valence-electron chi connectivity index (χ1n) is 9.22. The van der Waals surface area contributed by atoms with Crippen LogP contribution in [0.1, 0.15) is 49.0 Å². The lowest BCUT2D eigenvalue weighted by molar-refractivity contribution is 0.100. The van der Waals surface area contributed by atoms with Gasteiger partial charge in [-0.05, 0) is 43.0 Å². The van der Waals surface area contributed by atoms with Crippen molar-refractivity contribution in [3.63, 3.8) is 0 Å². The van der Waals surface area contributed by atoms with E-state index in [9.17, 15) is 4.79 Å². The molecule has 2 heterocycles. The van der Waals surface area contributed by atoms with Gasteiger partial charge in [-0.15, -0.1) is 0 Å². The van der Waals surface area contributed by atoms with E-state index in [1.807, 2.05) is 28.9 Å². The Bertz CT molecular complexity index is 999. The molecular formula is C20H22ClN5O. The number of halogens is 1. The number of pyridine rings is 1. The number of primary amides is 1. The summed E-state index contributed by atoms with van der Waals surface area (Å²) >= 11 is 6.08. The zero-order valence-electron chi connectivity index (χ0n) is 15.2. The van der Waals surface area contributed by atoms with Crippen LogP contribution in [-0.4, -0.2) is 20.7 Å². The maximum atomic E-state index is 11.9. The lowest BCUT2D eigenvalue weighted by Gasteiger charge is -2.28. The highest BCUT2D eigenvalue weighted by molar-refractivity contribution is 6.31. The van der Waals surface area contributed by atoms with Gasteiger partial charge in [0.25, 0.3) is 5.91 Å². The second kappa shape index (κ2) is 7.19. The topological polar surface area (TPSA) is 85.8 Å². The highest BCUT2D eigenvalue weighted by Crippen LogP contribution is 2.34. The number of amides is 1. The van der Waals surface area contributed by atoms with Crippen molar-refractivity contribution in [1.29, 1.82) is 0 Å². The van der Waals surface area contributed by atoms with E-state index in [1.54, 1.807) is 12.4 Å². The van der Waals surface area contributed by atoms with Gasteiger partial charge in [-0.25, -0.2) is 0 Å². The maximum absolute atomic E-state index is 11.9. The molecule has 1 aliphatic rings. The highest BCUT2D eigenvalue weighted by Gasteiger charge is 2.26. The van der Waals surface area contributed by atoms with E-state index in [1.165, 1.54) is 19.3 Å². The Labute approximate surface area is 162 Å². The summed E-state index contributed by atoms with van der Waals surface area (Å²) in [5.41, 5.74) is 7.56. The van der Waals surface area contributed by atoms with E-state index in [0.717, 1.165) is 23.0 Å². The van der Waals surface area contributed by atoms with Crippen LogP contribution in [0, 0.1) is 5.92 Å². The van der Waals surface area contributed by atoms with E-state index in [2.05, 4.69) is 22.3 Å². The van der Waals surface area contributed by atoms with Crippen LogP contribution < -0.4 is 11.1 Å². The molecule has 0 aliphatic heterocycles. The Morgan fingerprint density at radius 2 is 2.11 bits per heavy atom. The van der Waals surface area contributed by atoms with Gasteiger partial charge in [0.2, 0.25) is 0 Å². The summed E-state index contributed by atoms with van der Waals surface area (Å²) in [6.07, 6.45) is 8.15. The van der Waals surface area contributed by atoms with Gasteiger partial charge in [-0.1, -0.05) is 31.4 Å². The Morgan fingerprint density at radius 3 is 2.89 bits per heavy atom. The van der Waals surface area contributed by atoms with E-state index < -0.39 is 5.91 Å². The van der Waals surface area contributed by atoms with Crippen molar-refractivity contribution >= 4 is 39.9 Å². The zero-order valence-corrected chi connectivity index (χ0v) is 15.9. The number of aromatic nitrogens is 3. The van der Waals surface area contributed by atoms with Crippen molar-refractivity contribution in [2.24, 2.45) is 11.7 Å². The van der Waals surface area contributed by atoms with Crippen LogP contribution in [0.15, 0.2) is 36.7 Å². The fourth-order valence-electron chi connectivity index (χ4n) is 3.83.